The summed E-state index contributed by atoms with van der Waals surface area (Å²) < 4.78 is 19.1. The van der Waals surface area contributed by atoms with Crippen molar-refractivity contribution in [2.45, 2.75) is 19.9 Å². The van der Waals surface area contributed by atoms with E-state index in [1.165, 1.54) is 11.0 Å². The standard InChI is InChI=1S/C22H28FN3O3/c1-4-13-26(15-21(27)24-19-11-7-8-12-20(19)29-3)16-22(28)25(2)14-17-9-5-6-10-18(17)23/h5-12H,4,13-16H2,1-3H3,(H,24,27). The van der Waals surface area contributed by atoms with Crippen LogP contribution in [0.4, 0.5) is 10.1 Å². The number of nitrogens with one attached hydrogen (secondary N) is 1. The highest BCUT2D eigenvalue weighted by atomic mass is 19.1. The molecule has 0 heterocycles. The Labute approximate surface area is 171 Å². The molecular weight excluding hydrogens is 373 g/mol. The molecule has 0 saturated carbocycles. The predicted molar refractivity (Wildman–Crippen MR) is 111 cm³/mol. The Balaban J connectivity index is 1.95. The molecule has 1 N–H and O–H groups in total. The maximum absolute atomic E-state index is 13.8. The van der Waals surface area contributed by atoms with E-state index in [1.807, 2.05) is 19.1 Å². The third-order valence-electron chi connectivity index (χ3n) is 4.44. The number of amides is 2. The Morgan fingerprint density at radius 3 is 2.45 bits per heavy atom. The normalized spacial score (nSPS) is 10.7. The maximum atomic E-state index is 13.8. The minimum absolute atomic E-state index is 0.0746. The number of carbonyl (C=O) groups is 2. The van der Waals surface area contributed by atoms with Gasteiger partial charge in [-0.05, 0) is 31.2 Å². The molecule has 0 aliphatic carbocycles. The Bertz CT molecular complexity index is 828. The van der Waals surface area contributed by atoms with Crippen molar-refractivity contribution in [2.24, 2.45) is 0 Å². The van der Waals surface area contributed by atoms with Crippen LogP contribution < -0.4 is 10.1 Å². The number of hydrogen-bond acceptors (Lipinski definition) is 4. The van der Waals surface area contributed by atoms with Gasteiger partial charge in [0.25, 0.3) is 0 Å². The first-order chi connectivity index (χ1) is 13.9. The second-order valence-corrected chi connectivity index (χ2v) is 6.80. The molecule has 0 atom stereocenters. The largest absolute Gasteiger partial charge is 0.495 e. The van der Waals surface area contributed by atoms with Gasteiger partial charge in [0.2, 0.25) is 11.8 Å². The zero-order valence-electron chi connectivity index (χ0n) is 17.2. The van der Waals surface area contributed by atoms with E-state index < -0.39 is 0 Å². The number of methoxy groups -OCH3 is 1. The minimum Gasteiger partial charge on any atom is -0.495 e. The molecule has 0 fully saturated rings. The molecule has 0 aromatic heterocycles. The van der Waals surface area contributed by atoms with Gasteiger partial charge in [-0.15, -0.1) is 0 Å². The van der Waals surface area contributed by atoms with Gasteiger partial charge in [0.05, 0.1) is 25.9 Å². The summed E-state index contributed by atoms with van der Waals surface area (Å²) in [6.45, 7) is 2.92. The Hall–Kier alpha value is -2.93. The van der Waals surface area contributed by atoms with Crippen LogP contribution in [0.1, 0.15) is 18.9 Å². The molecule has 0 spiro atoms. The molecule has 156 valence electrons. The van der Waals surface area contributed by atoms with Crippen LogP contribution in [0.3, 0.4) is 0 Å². The number of para-hydroxylation sites is 2. The quantitative estimate of drug-likeness (QED) is 0.664. The summed E-state index contributed by atoms with van der Waals surface area (Å²) in [5.41, 5.74) is 1.04. The molecule has 0 aliphatic rings. The van der Waals surface area contributed by atoms with Crippen molar-refractivity contribution in [2.75, 3.05) is 39.1 Å². The molecule has 0 radical (unpaired) electrons. The third kappa shape index (κ3) is 6.87. The van der Waals surface area contributed by atoms with Crippen molar-refractivity contribution >= 4 is 17.5 Å². The van der Waals surface area contributed by atoms with Crippen LogP contribution in [0.15, 0.2) is 48.5 Å². The molecule has 2 aromatic rings. The van der Waals surface area contributed by atoms with Crippen molar-refractivity contribution < 1.29 is 18.7 Å². The van der Waals surface area contributed by atoms with Crippen LogP contribution in [-0.4, -0.2) is 55.4 Å². The van der Waals surface area contributed by atoms with Crippen molar-refractivity contribution in [1.29, 1.82) is 0 Å². The predicted octanol–water partition coefficient (Wildman–Crippen LogP) is 3.14. The monoisotopic (exact) mass is 401 g/mol. The molecule has 7 heteroatoms. The third-order valence-corrected chi connectivity index (χ3v) is 4.44. The fraction of sp³-hybridized carbons (Fsp3) is 0.364. The van der Waals surface area contributed by atoms with E-state index >= 15 is 0 Å². The zero-order valence-corrected chi connectivity index (χ0v) is 17.2. The van der Waals surface area contributed by atoms with E-state index in [0.717, 1.165) is 6.42 Å². The van der Waals surface area contributed by atoms with Crippen LogP contribution in [0.2, 0.25) is 0 Å². The highest BCUT2D eigenvalue weighted by molar-refractivity contribution is 5.94. The molecule has 2 aromatic carbocycles. The molecule has 29 heavy (non-hydrogen) atoms. The molecular formula is C22H28FN3O3. The fourth-order valence-electron chi connectivity index (χ4n) is 2.95. The number of carbonyl (C=O) groups excluding carboxylic acids is 2. The van der Waals surface area contributed by atoms with Crippen molar-refractivity contribution in [3.8, 4) is 5.75 Å². The average molecular weight is 401 g/mol. The lowest BCUT2D eigenvalue weighted by atomic mass is 10.2. The Morgan fingerprint density at radius 1 is 1.07 bits per heavy atom. The van der Waals surface area contributed by atoms with Gasteiger partial charge in [-0.3, -0.25) is 14.5 Å². The molecule has 2 rings (SSSR count). The average Bonchev–Trinajstić information content (AvgIpc) is 2.70. The number of anilines is 1. The minimum atomic E-state index is -0.339. The van der Waals surface area contributed by atoms with Gasteiger partial charge in [-0.25, -0.2) is 4.39 Å². The van der Waals surface area contributed by atoms with Crippen LogP contribution in [0, 0.1) is 5.82 Å². The van der Waals surface area contributed by atoms with Crippen LogP contribution in [0.5, 0.6) is 5.75 Å². The van der Waals surface area contributed by atoms with Crippen LogP contribution in [-0.2, 0) is 16.1 Å². The first-order valence-electron chi connectivity index (χ1n) is 9.57. The van der Waals surface area contributed by atoms with Gasteiger partial charge >= 0.3 is 0 Å². The van der Waals surface area contributed by atoms with E-state index in [1.54, 1.807) is 49.4 Å². The fourth-order valence-corrected chi connectivity index (χ4v) is 2.95. The van der Waals surface area contributed by atoms with E-state index in [-0.39, 0.29) is 37.3 Å². The van der Waals surface area contributed by atoms with E-state index in [0.29, 0.717) is 23.5 Å². The van der Waals surface area contributed by atoms with E-state index in [2.05, 4.69) is 5.32 Å². The van der Waals surface area contributed by atoms with Crippen LogP contribution >= 0.6 is 0 Å². The molecule has 6 nitrogen and oxygen atoms in total. The summed E-state index contributed by atoms with van der Waals surface area (Å²) in [6.07, 6.45) is 0.798. The summed E-state index contributed by atoms with van der Waals surface area (Å²) >= 11 is 0. The van der Waals surface area contributed by atoms with Crippen molar-refractivity contribution in [3.63, 3.8) is 0 Å². The lowest BCUT2D eigenvalue weighted by Gasteiger charge is -2.24. The van der Waals surface area contributed by atoms with Crippen molar-refractivity contribution in [3.05, 3.63) is 59.9 Å². The zero-order chi connectivity index (χ0) is 21.2. The summed E-state index contributed by atoms with van der Waals surface area (Å²) in [7, 11) is 3.17. The topological polar surface area (TPSA) is 61.9 Å². The summed E-state index contributed by atoms with van der Waals surface area (Å²) in [6, 6.07) is 13.5. The number of rotatable bonds is 10. The van der Waals surface area contributed by atoms with Gasteiger partial charge in [0, 0.05) is 19.2 Å². The number of likely N-dealkylation sites (N-methyl/N-ethyl adjacent to an activating group) is 1. The van der Waals surface area contributed by atoms with E-state index in [9.17, 15) is 14.0 Å². The molecule has 2 amide bonds. The summed E-state index contributed by atoms with van der Waals surface area (Å²) in [5, 5.41) is 2.82. The van der Waals surface area contributed by atoms with Gasteiger partial charge in [-0.2, -0.15) is 0 Å². The van der Waals surface area contributed by atoms with Gasteiger partial charge in [-0.1, -0.05) is 37.3 Å². The van der Waals surface area contributed by atoms with E-state index in [4.69, 9.17) is 4.74 Å². The highest BCUT2D eigenvalue weighted by Gasteiger charge is 2.18. The highest BCUT2D eigenvalue weighted by Crippen LogP contribution is 2.22. The SMILES string of the molecule is CCCN(CC(=O)Nc1ccccc1OC)CC(=O)N(C)Cc1ccccc1F. The smallest absolute Gasteiger partial charge is 0.238 e. The number of halogens is 1. The van der Waals surface area contributed by atoms with Crippen molar-refractivity contribution in [1.82, 2.24) is 9.80 Å². The number of ether oxygens (including phenoxy) is 1. The number of nitrogens with zero attached hydrogens (tertiary/aromatic N) is 2. The van der Waals surface area contributed by atoms with Gasteiger partial charge < -0.3 is 15.0 Å². The molecule has 0 unspecified atom stereocenters. The second-order valence-electron chi connectivity index (χ2n) is 6.80. The first kappa shape index (κ1) is 22.4. The summed E-state index contributed by atoms with van der Waals surface area (Å²) in [5.74, 6) is -0.170. The lowest BCUT2D eigenvalue weighted by Crippen LogP contribution is -2.42. The second kappa shape index (κ2) is 11.2. The first-order valence-corrected chi connectivity index (χ1v) is 9.57. The molecule has 0 aliphatic heterocycles. The van der Waals surface area contributed by atoms with Crippen LogP contribution in [0.25, 0.3) is 0 Å². The lowest BCUT2D eigenvalue weighted by molar-refractivity contribution is -0.132. The molecule has 0 saturated heterocycles. The maximum Gasteiger partial charge on any atom is 0.238 e. The number of hydrogen-bond donors (Lipinski definition) is 1. The Kier molecular flexibility index (Phi) is 8.61. The Morgan fingerprint density at radius 2 is 1.76 bits per heavy atom. The van der Waals surface area contributed by atoms with Gasteiger partial charge in [0.15, 0.2) is 0 Å². The molecule has 0 bridgehead atoms. The summed E-state index contributed by atoms with van der Waals surface area (Å²) in [4.78, 5) is 28.3. The number of benzene rings is 2. The van der Waals surface area contributed by atoms with Gasteiger partial charge in [0.1, 0.15) is 11.6 Å².